The molecule has 0 radical (unpaired) electrons. The highest BCUT2D eigenvalue weighted by Gasteiger charge is 2.25. The molecule has 0 aromatic heterocycles. The number of ether oxygens (including phenoxy) is 1. The largest absolute Gasteiger partial charge is 0.481 e. The lowest BCUT2D eigenvalue weighted by Gasteiger charge is -2.16. The number of amides is 1. The van der Waals surface area contributed by atoms with Gasteiger partial charge in [0.25, 0.3) is 0 Å². The third kappa shape index (κ3) is 8.15. The van der Waals surface area contributed by atoms with Crippen molar-refractivity contribution in [2.75, 3.05) is 19.4 Å². The molecule has 2 rings (SSSR count). The summed E-state index contributed by atoms with van der Waals surface area (Å²) in [6, 6.07) is 7.02. The topological polar surface area (TPSA) is 120 Å². The van der Waals surface area contributed by atoms with Gasteiger partial charge in [-0.2, -0.15) is 0 Å². The highest BCUT2D eigenvalue weighted by Crippen LogP contribution is 2.22. The van der Waals surface area contributed by atoms with Crippen LogP contribution in [0.5, 0.6) is 0 Å². The lowest BCUT2D eigenvalue weighted by Crippen LogP contribution is -2.24. The Kier molecular flexibility index (Phi) is 8.84. The van der Waals surface area contributed by atoms with Crippen molar-refractivity contribution < 1.29 is 29.0 Å². The van der Waals surface area contributed by atoms with E-state index in [1.165, 1.54) is 18.9 Å². The predicted molar refractivity (Wildman–Crippen MR) is 98.2 cm³/mol. The van der Waals surface area contributed by atoms with Gasteiger partial charge in [-0.05, 0) is 13.8 Å². The van der Waals surface area contributed by atoms with Gasteiger partial charge in [0.2, 0.25) is 5.91 Å². The van der Waals surface area contributed by atoms with Gasteiger partial charge in [-0.25, -0.2) is 0 Å². The van der Waals surface area contributed by atoms with Crippen LogP contribution in [0, 0.1) is 12.8 Å². The SMILES string of the molecule is COC(=O)C(C)SCC(CC(=O)O)C(=O)c1ccc(C)cc1.O=C1CN1. The molecule has 0 spiro atoms. The molecule has 26 heavy (non-hydrogen) atoms. The van der Waals surface area contributed by atoms with Crippen LogP contribution in [0.1, 0.15) is 29.3 Å². The molecule has 1 fully saturated rings. The van der Waals surface area contributed by atoms with Crippen LogP contribution in [0.4, 0.5) is 0 Å². The number of thioether (sulfide) groups is 1. The number of benzene rings is 1. The van der Waals surface area contributed by atoms with Crippen molar-refractivity contribution in [3.8, 4) is 0 Å². The van der Waals surface area contributed by atoms with Crippen molar-refractivity contribution in [2.24, 2.45) is 5.92 Å². The second-order valence-electron chi connectivity index (χ2n) is 5.80. The van der Waals surface area contributed by atoms with Gasteiger partial charge in [-0.15, -0.1) is 11.8 Å². The lowest BCUT2D eigenvalue weighted by atomic mass is 9.96. The van der Waals surface area contributed by atoms with Gasteiger partial charge in [0.1, 0.15) is 0 Å². The number of carbonyl (C=O) groups is 4. The van der Waals surface area contributed by atoms with Crippen LogP contribution < -0.4 is 5.32 Å². The van der Waals surface area contributed by atoms with Crippen molar-refractivity contribution >= 4 is 35.4 Å². The zero-order chi connectivity index (χ0) is 19.7. The predicted octanol–water partition coefficient (Wildman–Crippen LogP) is 1.68. The van der Waals surface area contributed by atoms with Gasteiger partial charge in [0, 0.05) is 17.2 Å². The fourth-order valence-electron chi connectivity index (χ4n) is 1.92. The molecule has 2 unspecified atom stereocenters. The van der Waals surface area contributed by atoms with Crippen LogP contribution in [-0.4, -0.2) is 53.4 Å². The Morgan fingerprint density at radius 1 is 1.27 bits per heavy atom. The number of hydrogen-bond acceptors (Lipinski definition) is 6. The lowest BCUT2D eigenvalue weighted by molar-refractivity contribution is -0.139. The van der Waals surface area contributed by atoms with E-state index in [2.05, 4.69) is 10.1 Å². The number of methoxy groups -OCH3 is 1. The average Bonchev–Trinajstić information content (AvgIpc) is 3.40. The minimum absolute atomic E-state index is 0.167. The Morgan fingerprint density at radius 2 is 1.81 bits per heavy atom. The molecule has 1 aliphatic heterocycles. The molecule has 0 aliphatic carbocycles. The molecule has 0 bridgehead atoms. The number of aryl methyl sites for hydroxylation is 1. The molecule has 1 saturated heterocycles. The summed E-state index contributed by atoms with van der Waals surface area (Å²) in [5.41, 5.74) is 1.52. The third-order valence-electron chi connectivity index (χ3n) is 3.53. The number of ketones is 1. The maximum atomic E-state index is 12.5. The van der Waals surface area contributed by atoms with Crippen LogP contribution in [0.3, 0.4) is 0 Å². The van der Waals surface area contributed by atoms with Gasteiger partial charge in [0.05, 0.1) is 25.3 Å². The molecule has 2 N–H and O–H groups in total. The van der Waals surface area contributed by atoms with E-state index in [-0.39, 0.29) is 29.8 Å². The number of carbonyl (C=O) groups excluding carboxylic acids is 3. The van der Waals surface area contributed by atoms with E-state index in [4.69, 9.17) is 5.11 Å². The van der Waals surface area contributed by atoms with Gasteiger partial charge >= 0.3 is 11.9 Å². The highest BCUT2D eigenvalue weighted by molar-refractivity contribution is 8.00. The first-order valence-corrected chi connectivity index (χ1v) is 9.08. The van der Waals surface area contributed by atoms with Crippen molar-refractivity contribution in [3.63, 3.8) is 0 Å². The minimum Gasteiger partial charge on any atom is -0.481 e. The highest BCUT2D eigenvalue weighted by atomic mass is 32.2. The number of rotatable bonds is 8. The Labute approximate surface area is 156 Å². The van der Waals surface area contributed by atoms with Crippen LogP contribution in [0.15, 0.2) is 24.3 Å². The van der Waals surface area contributed by atoms with E-state index in [0.717, 1.165) is 5.56 Å². The van der Waals surface area contributed by atoms with E-state index >= 15 is 0 Å². The Morgan fingerprint density at radius 3 is 2.23 bits per heavy atom. The quantitative estimate of drug-likeness (QED) is 0.399. The first-order valence-electron chi connectivity index (χ1n) is 8.03. The van der Waals surface area contributed by atoms with Crippen molar-refractivity contribution in [2.45, 2.75) is 25.5 Å². The normalized spacial score (nSPS) is 14.2. The third-order valence-corrected chi connectivity index (χ3v) is 4.82. The number of hydrogen-bond donors (Lipinski definition) is 2. The van der Waals surface area contributed by atoms with Crippen LogP contribution in [0.25, 0.3) is 0 Å². The minimum atomic E-state index is -1.03. The molecule has 7 nitrogen and oxygen atoms in total. The Hall–Kier alpha value is -2.35. The molecular formula is C18H23NO6S. The summed E-state index contributed by atoms with van der Waals surface area (Å²) in [6.45, 7) is 4.18. The van der Waals surface area contributed by atoms with E-state index in [1.54, 1.807) is 19.1 Å². The number of carboxylic acids is 1. The zero-order valence-corrected chi connectivity index (χ0v) is 15.8. The Balaban J connectivity index is 0.000000739. The first kappa shape index (κ1) is 21.7. The second kappa shape index (κ2) is 10.6. The summed E-state index contributed by atoms with van der Waals surface area (Å²) in [7, 11) is 1.30. The number of esters is 1. The molecule has 0 saturated carbocycles. The smallest absolute Gasteiger partial charge is 0.318 e. The number of nitrogens with one attached hydrogen (secondary N) is 1. The summed E-state index contributed by atoms with van der Waals surface area (Å²) in [5, 5.41) is 11.0. The Bertz CT molecular complexity index is 652. The fraction of sp³-hybridized carbons (Fsp3) is 0.444. The zero-order valence-electron chi connectivity index (χ0n) is 15.0. The monoisotopic (exact) mass is 381 g/mol. The molecule has 142 valence electrons. The van der Waals surface area contributed by atoms with Gasteiger partial charge in [0.15, 0.2) is 5.78 Å². The molecular weight excluding hydrogens is 358 g/mol. The molecule has 2 atom stereocenters. The molecule has 1 aliphatic rings. The molecule has 1 aromatic carbocycles. The van der Waals surface area contributed by atoms with E-state index < -0.39 is 17.1 Å². The number of aliphatic carboxylic acids is 1. The fourth-order valence-corrected chi connectivity index (χ4v) is 2.94. The van der Waals surface area contributed by atoms with Gasteiger partial charge in [-0.3, -0.25) is 19.2 Å². The standard InChI is InChI=1S/C16H20O5S.C2H3NO/c1-10-4-6-12(7-5-10)15(19)13(8-14(17)18)9-22-11(2)16(20)21-3;4-2-1-3-2/h4-7,11,13H,8-9H2,1-3H3,(H,17,18);1H2,(H,3,4). The summed E-state index contributed by atoms with van der Waals surface area (Å²) < 4.78 is 4.62. The summed E-state index contributed by atoms with van der Waals surface area (Å²) in [6.07, 6.45) is -0.256. The summed E-state index contributed by atoms with van der Waals surface area (Å²) >= 11 is 1.23. The van der Waals surface area contributed by atoms with Crippen LogP contribution >= 0.6 is 11.8 Å². The van der Waals surface area contributed by atoms with Crippen molar-refractivity contribution in [3.05, 3.63) is 35.4 Å². The average molecular weight is 381 g/mol. The van der Waals surface area contributed by atoms with Crippen molar-refractivity contribution in [1.82, 2.24) is 5.32 Å². The van der Waals surface area contributed by atoms with E-state index in [9.17, 15) is 19.2 Å². The van der Waals surface area contributed by atoms with Crippen LogP contribution in [0.2, 0.25) is 0 Å². The number of carboxylic acid groups (broad SMARTS) is 1. The molecule has 8 heteroatoms. The maximum Gasteiger partial charge on any atom is 0.318 e. The molecule has 1 heterocycles. The van der Waals surface area contributed by atoms with E-state index in [0.29, 0.717) is 12.1 Å². The van der Waals surface area contributed by atoms with Gasteiger partial charge in [-0.1, -0.05) is 29.8 Å². The second-order valence-corrected chi connectivity index (χ2v) is 7.17. The molecule has 1 aromatic rings. The molecule has 1 amide bonds. The van der Waals surface area contributed by atoms with Crippen molar-refractivity contribution in [1.29, 1.82) is 0 Å². The first-order chi connectivity index (χ1) is 12.2. The maximum absolute atomic E-state index is 12.5. The van der Waals surface area contributed by atoms with E-state index in [1.807, 2.05) is 19.1 Å². The summed E-state index contributed by atoms with van der Waals surface area (Å²) in [5.74, 6) is -1.88. The summed E-state index contributed by atoms with van der Waals surface area (Å²) in [4.78, 5) is 44.3. The van der Waals surface area contributed by atoms with Crippen LogP contribution in [-0.2, 0) is 19.1 Å². The van der Waals surface area contributed by atoms with Gasteiger partial charge < -0.3 is 15.2 Å². The number of Topliss-reactive ketones (excluding diaryl/α,β-unsaturated/α-hetero) is 1.